The monoisotopic (exact) mass is 366 g/mol. The predicted octanol–water partition coefficient (Wildman–Crippen LogP) is 4.41. The molecule has 0 amide bonds. The van der Waals surface area contributed by atoms with Gasteiger partial charge >= 0.3 is 0 Å². The van der Waals surface area contributed by atoms with Gasteiger partial charge in [-0.25, -0.2) is 4.98 Å². The van der Waals surface area contributed by atoms with Crippen LogP contribution >= 0.6 is 11.8 Å². The molecule has 0 unspecified atom stereocenters. The summed E-state index contributed by atoms with van der Waals surface area (Å²) in [7, 11) is 1.63. The number of hydrogen-bond donors (Lipinski definition) is 0. The van der Waals surface area contributed by atoms with Gasteiger partial charge in [0.1, 0.15) is 5.75 Å². The summed E-state index contributed by atoms with van der Waals surface area (Å²) in [6.07, 6.45) is 0. The zero-order valence-corrected chi connectivity index (χ0v) is 15.4. The largest absolute Gasteiger partial charge is 0.496 e. The molecule has 26 heavy (non-hydrogen) atoms. The van der Waals surface area contributed by atoms with Gasteiger partial charge in [-0.15, -0.1) is 0 Å². The van der Waals surface area contributed by atoms with Crippen molar-refractivity contribution in [1.82, 2.24) is 19.7 Å². The average molecular weight is 366 g/mol. The number of aryl methyl sites for hydroxylation is 1. The van der Waals surface area contributed by atoms with E-state index in [2.05, 4.69) is 27.7 Å². The van der Waals surface area contributed by atoms with Gasteiger partial charge in [-0.1, -0.05) is 41.2 Å². The molecule has 0 aliphatic heterocycles. The Morgan fingerprint density at radius 2 is 1.88 bits per heavy atom. The molecular formula is C19H18N4O2S. The van der Waals surface area contributed by atoms with Crippen LogP contribution in [0, 0.1) is 0 Å². The zero-order chi connectivity index (χ0) is 17.9. The first-order chi connectivity index (χ1) is 12.8. The summed E-state index contributed by atoms with van der Waals surface area (Å²) in [5, 5.41) is 5.04. The van der Waals surface area contributed by atoms with E-state index >= 15 is 0 Å². The van der Waals surface area contributed by atoms with E-state index < -0.39 is 0 Å². The summed E-state index contributed by atoms with van der Waals surface area (Å²) in [5.74, 6) is 2.37. The molecule has 0 saturated heterocycles. The fourth-order valence-electron chi connectivity index (χ4n) is 2.85. The number of methoxy groups -OCH3 is 1. The summed E-state index contributed by atoms with van der Waals surface area (Å²) < 4.78 is 13.0. The molecule has 4 rings (SSSR count). The third-order valence-electron chi connectivity index (χ3n) is 4.08. The van der Waals surface area contributed by atoms with E-state index in [1.54, 1.807) is 18.9 Å². The number of benzene rings is 2. The normalized spacial score (nSPS) is 11.2. The smallest absolute Gasteiger partial charge is 0.237 e. The van der Waals surface area contributed by atoms with Crippen LogP contribution in [0.1, 0.15) is 12.8 Å². The molecule has 132 valence electrons. The first-order valence-electron chi connectivity index (χ1n) is 8.34. The van der Waals surface area contributed by atoms with Crippen LogP contribution in [-0.2, 0) is 12.3 Å². The number of para-hydroxylation sites is 3. The minimum Gasteiger partial charge on any atom is -0.496 e. The van der Waals surface area contributed by atoms with Crippen LogP contribution in [0.5, 0.6) is 5.75 Å². The molecule has 7 heteroatoms. The quantitative estimate of drug-likeness (QED) is 0.471. The highest BCUT2D eigenvalue weighted by atomic mass is 32.2. The van der Waals surface area contributed by atoms with E-state index in [0.29, 0.717) is 17.5 Å². The zero-order valence-electron chi connectivity index (χ0n) is 14.5. The van der Waals surface area contributed by atoms with Crippen molar-refractivity contribution >= 4 is 22.8 Å². The van der Waals surface area contributed by atoms with E-state index in [-0.39, 0.29) is 0 Å². The number of hydrogen-bond acceptors (Lipinski definition) is 6. The molecule has 0 atom stereocenters. The van der Waals surface area contributed by atoms with Crippen LogP contribution in [0.15, 0.2) is 58.2 Å². The molecule has 2 heterocycles. The molecule has 0 fully saturated rings. The van der Waals surface area contributed by atoms with Crippen molar-refractivity contribution in [3.63, 3.8) is 0 Å². The highest BCUT2D eigenvalue weighted by molar-refractivity contribution is 7.98. The van der Waals surface area contributed by atoms with Crippen molar-refractivity contribution in [3.05, 3.63) is 54.4 Å². The Labute approximate surface area is 155 Å². The van der Waals surface area contributed by atoms with Gasteiger partial charge in [-0.3, -0.25) is 0 Å². The Kier molecular flexibility index (Phi) is 4.62. The number of rotatable bonds is 6. The maximum absolute atomic E-state index is 5.41. The van der Waals surface area contributed by atoms with E-state index in [9.17, 15) is 0 Å². The maximum atomic E-state index is 5.41. The molecular weight excluding hydrogens is 348 g/mol. The minimum absolute atomic E-state index is 0.530. The number of fused-ring (bicyclic) bond motifs is 1. The van der Waals surface area contributed by atoms with E-state index in [1.807, 2.05) is 42.5 Å². The highest BCUT2D eigenvalue weighted by Gasteiger charge is 2.15. The number of aromatic nitrogens is 4. The fraction of sp³-hybridized carbons (Fsp3) is 0.211. The number of thioether (sulfide) groups is 1. The van der Waals surface area contributed by atoms with Gasteiger partial charge in [0.15, 0.2) is 5.16 Å². The summed E-state index contributed by atoms with van der Waals surface area (Å²) in [4.78, 5) is 9.20. The molecule has 2 aromatic heterocycles. The molecule has 0 radical (unpaired) electrons. The average Bonchev–Trinajstić information content (AvgIpc) is 3.30. The molecule has 0 bridgehead atoms. The summed E-state index contributed by atoms with van der Waals surface area (Å²) >= 11 is 1.59. The van der Waals surface area contributed by atoms with Crippen LogP contribution in [0.3, 0.4) is 0 Å². The molecule has 0 N–H and O–H groups in total. The Hall–Kier alpha value is -2.80. The first kappa shape index (κ1) is 16.7. The second-order valence-corrected chi connectivity index (χ2v) is 6.57. The predicted molar refractivity (Wildman–Crippen MR) is 101 cm³/mol. The minimum atomic E-state index is 0.530. The summed E-state index contributed by atoms with van der Waals surface area (Å²) in [6.45, 7) is 2.98. The van der Waals surface area contributed by atoms with Gasteiger partial charge in [0.25, 0.3) is 0 Å². The first-order valence-corrected chi connectivity index (χ1v) is 9.32. The van der Waals surface area contributed by atoms with Crippen molar-refractivity contribution < 1.29 is 9.26 Å². The summed E-state index contributed by atoms with van der Waals surface area (Å²) in [6, 6.07) is 15.8. The third kappa shape index (κ3) is 3.06. The van der Waals surface area contributed by atoms with Crippen molar-refractivity contribution in [2.75, 3.05) is 7.11 Å². The number of nitrogens with zero attached hydrogens (tertiary/aromatic N) is 4. The molecule has 2 aromatic carbocycles. The Bertz CT molecular complexity index is 1040. The van der Waals surface area contributed by atoms with Crippen molar-refractivity contribution in [2.45, 2.75) is 24.4 Å². The van der Waals surface area contributed by atoms with Gasteiger partial charge in [-0.2, -0.15) is 4.98 Å². The lowest BCUT2D eigenvalue weighted by molar-refractivity contribution is 0.390. The Morgan fingerprint density at radius 1 is 1.08 bits per heavy atom. The molecule has 0 aliphatic carbocycles. The van der Waals surface area contributed by atoms with Crippen LogP contribution in [0.2, 0.25) is 0 Å². The van der Waals surface area contributed by atoms with Crippen LogP contribution < -0.4 is 4.74 Å². The Balaban J connectivity index is 1.55. The summed E-state index contributed by atoms with van der Waals surface area (Å²) in [5.41, 5.74) is 2.95. The lowest BCUT2D eigenvalue weighted by Crippen LogP contribution is -1.96. The second kappa shape index (κ2) is 7.21. The molecule has 6 nitrogen and oxygen atoms in total. The second-order valence-electron chi connectivity index (χ2n) is 5.63. The van der Waals surface area contributed by atoms with Gasteiger partial charge in [0.2, 0.25) is 11.7 Å². The van der Waals surface area contributed by atoms with Crippen LogP contribution in [0.4, 0.5) is 0 Å². The van der Waals surface area contributed by atoms with Crippen molar-refractivity contribution in [2.24, 2.45) is 0 Å². The number of imidazole rings is 1. The van der Waals surface area contributed by atoms with Crippen molar-refractivity contribution in [1.29, 1.82) is 0 Å². The fourth-order valence-corrected chi connectivity index (χ4v) is 3.76. The SMILES string of the molecule is CCn1c(SCc2nc(-c3ccccc3OC)no2)nc2ccccc21. The lowest BCUT2D eigenvalue weighted by Gasteiger charge is -2.04. The van der Waals surface area contributed by atoms with Crippen molar-refractivity contribution in [3.8, 4) is 17.1 Å². The van der Waals surface area contributed by atoms with Gasteiger partial charge in [-0.05, 0) is 31.2 Å². The van der Waals surface area contributed by atoms with Gasteiger partial charge < -0.3 is 13.8 Å². The molecule has 0 spiro atoms. The molecule has 4 aromatic rings. The lowest BCUT2D eigenvalue weighted by atomic mass is 10.2. The van der Waals surface area contributed by atoms with Gasteiger partial charge in [0.05, 0.1) is 29.5 Å². The molecule has 0 saturated carbocycles. The Morgan fingerprint density at radius 3 is 2.73 bits per heavy atom. The van der Waals surface area contributed by atoms with Gasteiger partial charge in [0, 0.05) is 6.54 Å². The molecule has 0 aliphatic rings. The topological polar surface area (TPSA) is 66.0 Å². The standard InChI is InChI=1S/C19H18N4O2S/c1-3-23-15-10-6-5-9-14(15)20-19(23)26-12-17-21-18(22-25-17)13-8-4-7-11-16(13)24-2/h4-11H,3,12H2,1-2H3. The van der Waals surface area contributed by atoms with Crippen LogP contribution in [0.25, 0.3) is 22.4 Å². The third-order valence-corrected chi connectivity index (χ3v) is 5.04. The van der Waals surface area contributed by atoms with Crippen LogP contribution in [-0.4, -0.2) is 26.8 Å². The maximum Gasteiger partial charge on any atom is 0.237 e. The van der Waals surface area contributed by atoms with E-state index in [0.717, 1.165) is 34.0 Å². The number of ether oxygens (including phenoxy) is 1. The highest BCUT2D eigenvalue weighted by Crippen LogP contribution is 2.29. The van der Waals surface area contributed by atoms with E-state index in [4.69, 9.17) is 14.2 Å². The van der Waals surface area contributed by atoms with E-state index in [1.165, 1.54) is 0 Å².